The normalized spacial score (nSPS) is 11.8. The van der Waals surface area contributed by atoms with Crippen LogP contribution in [0.1, 0.15) is 11.1 Å². The summed E-state index contributed by atoms with van der Waals surface area (Å²) in [5.41, 5.74) is 3.14. The smallest absolute Gasteiger partial charge is 0.155 e. The van der Waals surface area contributed by atoms with Crippen LogP contribution in [0.4, 0.5) is 0 Å². The molecule has 2 heterocycles. The zero-order valence-corrected chi connectivity index (χ0v) is 13.9. The molecule has 0 saturated carbocycles. The number of hydrogen-bond acceptors (Lipinski definition) is 5. The highest BCUT2D eigenvalue weighted by molar-refractivity contribution is 5.79. The molecule has 0 fully saturated rings. The van der Waals surface area contributed by atoms with Crippen LogP contribution in [0, 0.1) is 19.3 Å². The molecule has 0 amide bonds. The first-order valence-electron chi connectivity index (χ1n) is 7.56. The zero-order valence-electron chi connectivity index (χ0n) is 13.9. The van der Waals surface area contributed by atoms with Gasteiger partial charge in [0.2, 0.25) is 0 Å². The maximum Gasteiger partial charge on any atom is 0.155 e. The number of nitrogens with zero attached hydrogens (tertiary/aromatic N) is 2. The Morgan fingerprint density at radius 2 is 2.16 bits per heavy atom. The van der Waals surface area contributed by atoms with Gasteiger partial charge in [0.05, 0.1) is 12.5 Å². The van der Waals surface area contributed by atoms with Crippen LogP contribution in [0.15, 0.2) is 52.2 Å². The maximum atomic E-state index is 9.36. The average Bonchev–Trinajstić information content (AvgIpc) is 2.65. The topological polar surface area (TPSA) is 67.9 Å². The number of terminal acetylenes is 1. The number of allylic oxidation sites excluding steroid dienone is 1. The van der Waals surface area contributed by atoms with E-state index in [9.17, 15) is 5.21 Å². The van der Waals surface area contributed by atoms with Gasteiger partial charge < -0.3 is 14.4 Å². The summed E-state index contributed by atoms with van der Waals surface area (Å²) < 4.78 is 11.1. The van der Waals surface area contributed by atoms with Gasteiger partial charge in [-0.1, -0.05) is 11.1 Å². The molecule has 0 aliphatic carbocycles. The van der Waals surface area contributed by atoms with Gasteiger partial charge in [-0.25, -0.2) is 0 Å². The lowest BCUT2D eigenvalue weighted by Gasteiger charge is -2.07. The fourth-order valence-electron chi connectivity index (χ4n) is 2.50. The predicted octanol–water partition coefficient (Wildman–Crippen LogP) is 3.75. The second kappa shape index (κ2) is 6.93. The Balaban J connectivity index is 2.15. The fraction of sp³-hybridized carbons (Fsp3) is 0.100. The average molecular weight is 332 g/mol. The Morgan fingerprint density at radius 3 is 2.84 bits per heavy atom. The van der Waals surface area contributed by atoms with Gasteiger partial charge in [0.15, 0.2) is 5.76 Å². The molecule has 2 aromatic heterocycles. The summed E-state index contributed by atoms with van der Waals surface area (Å²) in [4.78, 5) is 4.42. The molecule has 3 aromatic rings. The third kappa shape index (κ3) is 3.24. The van der Waals surface area contributed by atoms with Crippen LogP contribution >= 0.6 is 0 Å². The number of methoxy groups -OCH3 is 1. The van der Waals surface area contributed by atoms with Gasteiger partial charge in [-0.3, -0.25) is 4.98 Å². The van der Waals surface area contributed by atoms with E-state index >= 15 is 0 Å². The lowest BCUT2D eigenvalue weighted by atomic mass is 10.1. The number of hydrogen-bond donors (Lipinski definition) is 1. The number of rotatable bonds is 3. The van der Waals surface area contributed by atoms with E-state index in [1.165, 1.54) is 0 Å². The minimum Gasteiger partial charge on any atom is -0.497 e. The van der Waals surface area contributed by atoms with Crippen molar-refractivity contribution in [1.29, 1.82) is 0 Å². The summed E-state index contributed by atoms with van der Waals surface area (Å²) in [5.74, 6) is 3.61. The summed E-state index contributed by atoms with van der Waals surface area (Å²) in [6.45, 7) is 1.96. The first-order chi connectivity index (χ1) is 12.2. The molecular formula is C20H16N2O3. The lowest BCUT2D eigenvalue weighted by Crippen LogP contribution is -2.04. The first-order valence-corrected chi connectivity index (χ1v) is 7.56. The Labute approximate surface area is 144 Å². The lowest BCUT2D eigenvalue weighted by molar-refractivity contribution is 0.302. The van der Waals surface area contributed by atoms with E-state index in [4.69, 9.17) is 15.6 Å². The van der Waals surface area contributed by atoms with Gasteiger partial charge in [-0.05, 0) is 54.5 Å². The van der Waals surface area contributed by atoms with Crippen molar-refractivity contribution in [3.05, 3.63) is 59.1 Å². The molecule has 0 bridgehead atoms. The zero-order chi connectivity index (χ0) is 17.8. The Bertz CT molecular complexity index is 1070. The van der Waals surface area contributed by atoms with Crippen LogP contribution in [0.5, 0.6) is 5.75 Å². The molecule has 0 aliphatic heterocycles. The van der Waals surface area contributed by atoms with E-state index in [0.29, 0.717) is 33.5 Å². The van der Waals surface area contributed by atoms with Gasteiger partial charge in [-0.2, -0.15) is 0 Å². The largest absolute Gasteiger partial charge is 0.497 e. The van der Waals surface area contributed by atoms with E-state index in [0.717, 1.165) is 11.1 Å². The molecular weight excluding hydrogens is 316 g/mol. The molecule has 0 saturated heterocycles. The van der Waals surface area contributed by atoms with Crippen LogP contribution in [0.25, 0.3) is 28.5 Å². The van der Waals surface area contributed by atoms with Crippen molar-refractivity contribution in [2.24, 2.45) is 5.16 Å². The minimum atomic E-state index is 0.380. The Kier molecular flexibility index (Phi) is 4.53. The highest BCUT2D eigenvalue weighted by Crippen LogP contribution is 2.25. The van der Waals surface area contributed by atoms with Crippen LogP contribution in [-0.2, 0) is 0 Å². The molecule has 5 nitrogen and oxygen atoms in total. The molecule has 0 radical (unpaired) electrons. The number of ether oxygens (including phenoxy) is 1. The predicted molar refractivity (Wildman–Crippen MR) is 96.0 cm³/mol. The number of benzene rings is 1. The van der Waals surface area contributed by atoms with Gasteiger partial charge in [0.25, 0.3) is 0 Å². The quantitative estimate of drug-likeness (QED) is 0.451. The summed E-state index contributed by atoms with van der Waals surface area (Å²) >= 11 is 0. The summed E-state index contributed by atoms with van der Waals surface area (Å²) in [6.07, 6.45) is 10.4. The van der Waals surface area contributed by atoms with Crippen molar-refractivity contribution in [2.45, 2.75) is 6.92 Å². The van der Waals surface area contributed by atoms with E-state index in [1.54, 1.807) is 43.6 Å². The SMILES string of the molecule is C#C/C=C\c1cnc(-c2c/c(=N\O)c3cc(OC)ccc3o2)cc1C. The van der Waals surface area contributed by atoms with Gasteiger partial charge >= 0.3 is 0 Å². The fourth-order valence-corrected chi connectivity index (χ4v) is 2.50. The number of aromatic nitrogens is 1. The highest BCUT2D eigenvalue weighted by atomic mass is 16.5. The van der Waals surface area contributed by atoms with Crippen molar-refractivity contribution < 1.29 is 14.4 Å². The number of pyridine rings is 1. The van der Waals surface area contributed by atoms with Crippen molar-refractivity contribution in [2.75, 3.05) is 7.11 Å². The molecule has 25 heavy (non-hydrogen) atoms. The third-order valence-electron chi connectivity index (χ3n) is 3.82. The molecule has 3 rings (SSSR count). The molecule has 1 N–H and O–H groups in total. The van der Waals surface area contributed by atoms with Crippen LogP contribution < -0.4 is 10.1 Å². The Morgan fingerprint density at radius 1 is 1.32 bits per heavy atom. The van der Waals surface area contributed by atoms with E-state index in [1.807, 2.05) is 19.1 Å². The molecule has 1 aromatic carbocycles. The highest BCUT2D eigenvalue weighted by Gasteiger charge is 2.09. The second-order valence-corrected chi connectivity index (χ2v) is 5.38. The third-order valence-corrected chi connectivity index (χ3v) is 3.82. The maximum absolute atomic E-state index is 9.36. The minimum absolute atomic E-state index is 0.380. The van der Waals surface area contributed by atoms with E-state index in [2.05, 4.69) is 16.1 Å². The molecule has 5 heteroatoms. The second-order valence-electron chi connectivity index (χ2n) is 5.38. The van der Waals surface area contributed by atoms with Gasteiger partial charge in [0.1, 0.15) is 22.4 Å². The van der Waals surface area contributed by atoms with Crippen molar-refractivity contribution in [3.8, 4) is 29.5 Å². The summed E-state index contributed by atoms with van der Waals surface area (Å²) in [6, 6.07) is 8.84. The summed E-state index contributed by atoms with van der Waals surface area (Å²) in [7, 11) is 1.57. The Hall–Kier alpha value is -3.52. The van der Waals surface area contributed by atoms with Gasteiger partial charge in [-0.15, -0.1) is 6.42 Å². The van der Waals surface area contributed by atoms with Gasteiger partial charge in [0, 0.05) is 12.3 Å². The van der Waals surface area contributed by atoms with Crippen molar-refractivity contribution in [3.63, 3.8) is 0 Å². The van der Waals surface area contributed by atoms with Crippen LogP contribution in [-0.4, -0.2) is 17.3 Å². The number of fused-ring (bicyclic) bond motifs is 1. The molecule has 0 aliphatic rings. The number of aryl methyl sites for hydroxylation is 1. The molecule has 124 valence electrons. The van der Waals surface area contributed by atoms with Crippen molar-refractivity contribution in [1.82, 2.24) is 4.98 Å². The molecule has 0 unspecified atom stereocenters. The standard InChI is InChI=1S/C20H16N2O3/c1-4-5-6-14-12-21-18(9-13(14)2)20-11-17(22-23)16-10-15(24-3)7-8-19(16)25-20/h1,5-12,23H,2-3H3/b6-5-,22-17+. The molecule has 0 spiro atoms. The van der Waals surface area contributed by atoms with Crippen molar-refractivity contribution >= 4 is 17.0 Å². The van der Waals surface area contributed by atoms with E-state index in [-0.39, 0.29) is 0 Å². The van der Waals surface area contributed by atoms with Crippen LogP contribution in [0.3, 0.4) is 0 Å². The first kappa shape index (κ1) is 16.3. The van der Waals surface area contributed by atoms with E-state index < -0.39 is 0 Å². The van der Waals surface area contributed by atoms with Crippen LogP contribution in [0.2, 0.25) is 0 Å². The monoisotopic (exact) mass is 332 g/mol. The molecule has 0 atom stereocenters. The summed E-state index contributed by atoms with van der Waals surface area (Å²) in [5, 5.41) is 13.8.